The lowest BCUT2D eigenvalue weighted by molar-refractivity contribution is 0.972. The van der Waals surface area contributed by atoms with Crippen molar-refractivity contribution in [3.63, 3.8) is 0 Å². The van der Waals surface area contributed by atoms with Crippen LogP contribution in [0.25, 0.3) is 82.0 Å². The third-order valence-corrected chi connectivity index (χ3v) is 11.5. The van der Waals surface area contributed by atoms with Gasteiger partial charge in [-0.3, -0.25) is 4.99 Å². The predicted molar refractivity (Wildman–Crippen MR) is 243 cm³/mol. The van der Waals surface area contributed by atoms with Crippen molar-refractivity contribution in [3.8, 4) is 33.4 Å². The molecule has 0 radical (unpaired) electrons. The first-order valence-electron chi connectivity index (χ1n) is 19.1. The maximum Gasteiger partial charge on any atom is 0.0937 e. The molecule has 0 amide bonds. The zero-order valence-corrected chi connectivity index (χ0v) is 31.0. The molecule has 1 heterocycles. The molecule has 2 nitrogen and oxygen atoms in total. The van der Waals surface area contributed by atoms with E-state index in [-0.39, 0.29) is 0 Å². The highest BCUT2D eigenvalue weighted by Crippen LogP contribution is 2.51. The van der Waals surface area contributed by atoms with E-state index in [0.29, 0.717) is 6.54 Å². The molecular formula is C54H38N2. The predicted octanol–water partition coefficient (Wildman–Crippen LogP) is 15.0. The van der Waals surface area contributed by atoms with E-state index in [4.69, 9.17) is 4.99 Å². The number of anilines is 2. The Bertz CT molecular complexity index is 3050. The second-order valence-electron chi connectivity index (χ2n) is 14.4. The monoisotopic (exact) mass is 714 g/mol. The molecule has 0 unspecified atom stereocenters. The highest BCUT2D eigenvalue weighted by Gasteiger charge is 2.28. The fourth-order valence-electron chi connectivity index (χ4n) is 8.97. The van der Waals surface area contributed by atoms with Crippen molar-refractivity contribution in [1.29, 1.82) is 0 Å². The Morgan fingerprint density at radius 2 is 1.05 bits per heavy atom. The topological polar surface area (TPSA) is 15.6 Å². The maximum absolute atomic E-state index is 4.69. The van der Waals surface area contributed by atoms with Gasteiger partial charge in [-0.25, -0.2) is 0 Å². The number of allylic oxidation sites excluding steroid dienone is 4. The van der Waals surface area contributed by atoms with E-state index in [1.807, 2.05) is 18.2 Å². The Morgan fingerprint density at radius 3 is 1.68 bits per heavy atom. The number of nitrogens with zero attached hydrogens (tertiary/aromatic N) is 2. The van der Waals surface area contributed by atoms with Crippen molar-refractivity contribution >= 4 is 72.4 Å². The van der Waals surface area contributed by atoms with Crippen molar-refractivity contribution in [3.05, 3.63) is 206 Å². The van der Waals surface area contributed by atoms with E-state index in [9.17, 15) is 0 Å². The van der Waals surface area contributed by atoms with E-state index in [1.165, 1.54) is 71.3 Å². The van der Waals surface area contributed by atoms with Crippen LogP contribution in [-0.4, -0.2) is 6.72 Å². The lowest BCUT2D eigenvalue weighted by Gasteiger charge is -2.35. The van der Waals surface area contributed by atoms with Gasteiger partial charge in [0, 0.05) is 17.5 Å². The van der Waals surface area contributed by atoms with Crippen molar-refractivity contribution < 1.29 is 0 Å². The van der Waals surface area contributed by atoms with E-state index in [2.05, 4.69) is 189 Å². The van der Waals surface area contributed by atoms with Crippen LogP contribution in [0.5, 0.6) is 0 Å². The van der Waals surface area contributed by atoms with Gasteiger partial charge in [-0.05, 0) is 101 Å². The molecule has 1 aliphatic rings. The van der Waals surface area contributed by atoms with Gasteiger partial charge in [-0.1, -0.05) is 183 Å². The Hall–Kier alpha value is -7.29. The fraction of sp³-hybridized carbons (Fsp3) is 0.0185. The lowest BCUT2D eigenvalue weighted by atomic mass is 9.84. The minimum atomic E-state index is 0.708. The summed E-state index contributed by atoms with van der Waals surface area (Å²) in [4.78, 5) is 7.15. The van der Waals surface area contributed by atoms with Crippen LogP contribution in [0.2, 0.25) is 0 Å². The molecule has 0 bridgehead atoms. The zero-order chi connectivity index (χ0) is 37.8. The van der Waals surface area contributed by atoms with E-state index >= 15 is 0 Å². The molecule has 0 aromatic heterocycles. The summed E-state index contributed by atoms with van der Waals surface area (Å²) in [5.74, 6) is 0. The van der Waals surface area contributed by atoms with E-state index in [1.54, 1.807) is 0 Å². The van der Waals surface area contributed by atoms with Gasteiger partial charge in [-0.2, -0.15) is 0 Å². The molecule has 264 valence electrons. The number of rotatable bonds is 7. The number of hydrogen-bond acceptors (Lipinski definition) is 2. The molecule has 0 saturated carbocycles. The molecule has 1 aliphatic heterocycles. The first kappa shape index (κ1) is 33.3. The molecule has 2 heteroatoms. The van der Waals surface area contributed by atoms with Crippen molar-refractivity contribution in [2.24, 2.45) is 4.99 Å². The lowest BCUT2D eigenvalue weighted by Crippen LogP contribution is -2.22. The number of fused-ring (bicyclic) bond motifs is 8. The van der Waals surface area contributed by atoms with Gasteiger partial charge < -0.3 is 4.90 Å². The molecule has 0 spiro atoms. The molecule has 0 atom stereocenters. The normalized spacial score (nSPS) is 12.5. The molecule has 0 aliphatic carbocycles. The highest BCUT2D eigenvalue weighted by molar-refractivity contribution is 6.22. The van der Waals surface area contributed by atoms with Crippen molar-refractivity contribution in [1.82, 2.24) is 0 Å². The quantitative estimate of drug-likeness (QED) is 0.0912. The average Bonchev–Trinajstić information content (AvgIpc) is 3.26. The first-order valence-corrected chi connectivity index (χ1v) is 19.1. The van der Waals surface area contributed by atoms with Crippen LogP contribution in [0.1, 0.15) is 11.1 Å². The summed E-state index contributed by atoms with van der Waals surface area (Å²) in [5, 5.41) is 9.65. The summed E-state index contributed by atoms with van der Waals surface area (Å²) in [6, 6.07) is 59.8. The fourth-order valence-corrected chi connectivity index (χ4v) is 8.97. The van der Waals surface area contributed by atoms with Crippen LogP contribution in [0.15, 0.2) is 200 Å². The Labute approximate surface area is 327 Å². The number of benzene rings is 9. The van der Waals surface area contributed by atoms with E-state index in [0.717, 1.165) is 39.0 Å². The van der Waals surface area contributed by atoms with Crippen molar-refractivity contribution in [2.75, 3.05) is 4.90 Å². The van der Waals surface area contributed by atoms with Crippen LogP contribution in [0, 0.1) is 0 Å². The van der Waals surface area contributed by atoms with Crippen LogP contribution in [-0.2, 0) is 6.54 Å². The summed E-state index contributed by atoms with van der Waals surface area (Å²) in [7, 11) is 0. The maximum atomic E-state index is 4.69. The molecule has 0 fully saturated rings. The third kappa shape index (κ3) is 5.22. The minimum absolute atomic E-state index is 0.708. The summed E-state index contributed by atoms with van der Waals surface area (Å²) < 4.78 is 0. The molecule has 9 aromatic rings. The summed E-state index contributed by atoms with van der Waals surface area (Å²) in [6.07, 6.45) is 5.69. The first-order chi connectivity index (χ1) is 27.7. The van der Waals surface area contributed by atoms with E-state index < -0.39 is 0 Å². The van der Waals surface area contributed by atoms with Gasteiger partial charge in [0.1, 0.15) is 0 Å². The van der Waals surface area contributed by atoms with Gasteiger partial charge >= 0.3 is 0 Å². The van der Waals surface area contributed by atoms with Crippen LogP contribution in [0.4, 0.5) is 17.1 Å². The summed E-state index contributed by atoms with van der Waals surface area (Å²) in [6.45, 7) is 12.7. The summed E-state index contributed by atoms with van der Waals surface area (Å²) in [5.41, 5.74) is 13.9. The second kappa shape index (κ2) is 13.5. The van der Waals surface area contributed by atoms with Crippen LogP contribution in [0.3, 0.4) is 0 Å². The molecule has 9 aromatic carbocycles. The SMILES string of the molecule is C=C/C=C(\C=C)c1ccc(-c2c3ccccc3c(-c3ccc4c(c3)N(c3ccc5ccccc5c3N=C)Cc3c-4ccc4ccccc34)c3ccccc23)cc1. The highest BCUT2D eigenvalue weighted by atomic mass is 15.2. The minimum Gasteiger partial charge on any atom is -0.335 e. The van der Waals surface area contributed by atoms with Crippen molar-refractivity contribution in [2.45, 2.75) is 6.54 Å². The molecule has 56 heavy (non-hydrogen) atoms. The van der Waals surface area contributed by atoms with Crippen LogP contribution < -0.4 is 4.90 Å². The van der Waals surface area contributed by atoms with Gasteiger partial charge in [0.2, 0.25) is 0 Å². The number of hydrogen-bond donors (Lipinski definition) is 0. The molecule has 0 saturated heterocycles. The molecule has 0 N–H and O–H groups in total. The largest absolute Gasteiger partial charge is 0.335 e. The van der Waals surface area contributed by atoms with Gasteiger partial charge in [0.15, 0.2) is 0 Å². The van der Waals surface area contributed by atoms with Crippen LogP contribution >= 0.6 is 0 Å². The molecule has 10 rings (SSSR count). The zero-order valence-electron chi connectivity index (χ0n) is 31.0. The third-order valence-electron chi connectivity index (χ3n) is 11.5. The Kier molecular flexibility index (Phi) is 8.04. The van der Waals surface area contributed by atoms with Gasteiger partial charge in [0.05, 0.1) is 17.1 Å². The van der Waals surface area contributed by atoms with Gasteiger partial charge in [0.25, 0.3) is 0 Å². The summed E-state index contributed by atoms with van der Waals surface area (Å²) >= 11 is 0. The Balaban J connectivity index is 1.23. The number of aliphatic imine (C=N–C) groups is 1. The average molecular weight is 715 g/mol. The second-order valence-corrected chi connectivity index (χ2v) is 14.4. The standard InChI is InChI=1S/C54H38N2/c1-4-14-35(5-2)36-23-25-39(26-24-36)52-45-19-10-12-21-47(45)53(48-22-13-11-20-46(48)52)40-28-31-44-43-30-27-37-15-6-8-17-41(37)49(43)34-56(51(44)33-40)50-32-29-38-16-7-9-18-42(38)54(50)55-3/h4-33H,1-3,34H2/b35-14+. The molecular weight excluding hydrogens is 677 g/mol. The van der Waals surface area contributed by atoms with Gasteiger partial charge in [-0.15, -0.1) is 0 Å². The Morgan fingerprint density at radius 1 is 0.518 bits per heavy atom. The smallest absolute Gasteiger partial charge is 0.0937 e.